The standard InChI is InChI=1S/C12H20N3O6P/c1-8-6-11(15-5-4-10(13-2)14-12(15)16)21-9(8)7-20-22(17,18)19-3/h4-5,8-9,11H,6-7H2,1-3H3,(H,17,18)(H,13,14,16)/t8?,9-,11-/m1/s1. The molecule has 0 bridgehead atoms. The van der Waals surface area contributed by atoms with Crippen molar-refractivity contribution in [1.82, 2.24) is 9.55 Å². The summed E-state index contributed by atoms with van der Waals surface area (Å²) in [6.07, 6.45) is 1.30. The van der Waals surface area contributed by atoms with Crippen LogP contribution in [-0.2, 0) is 18.3 Å². The fourth-order valence-corrected chi connectivity index (χ4v) is 2.68. The van der Waals surface area contributed by atoms with Crippen molar-refractivity contribution in [3.63, 3.8) is 0 Å². The third-order valence-electron chi connectivity index (χ3n) is 3.57. The van der Waals surface area contributed by atoms with Crippen LogP contribution in [0.25, 0.3) is 0 Å². The Kier molecular flexibility index (Phi) is 5.36. The number of anilines is 1. The lowest BCUT2D eigenvalue weighted by Crippen LogP contribution is -2.27. The number of aromatic nitrogens is 2. The molecule has 1 aliphatic heterocycles. The van der Waals surface area contributed by atoms with E-state index in [4.69, 9.17) is 9.26 Å². The topological polar surface area (TPSA) is 112 Å². The zero-order chi connectivity index (χ0) is 16.3. The molecule has 0 radical (unpaired) electrons. The van der Waals surface area contributed by atoms with Crippen molar-refractivity contribution in [3.8, 4) is 0 Å². The van der Waals surface area contributed by atoms with Crippen molar-refractivity contribution in [2.24, 2.45) is 5.92 Å². The number of hydrogen-bond acceptors (Lipinski definition) is 7. The maximum atomic E-state index is 12.0. The quantitative estimate of drug-likeness (QED) is 0.741. The Bertz CT molecular complexity index is 621. The number of rotatable bonds is 6. The lowest BCUT2D eigenvalue weighted by Gasteiger charge is -2.18. The molecule has 9 nitrogen and oxygen atoms in total. The molecule has 2 rings (SSSR count). The van der Waals surface area contributed by atoms with E-state index in [2.05, 4.69) is 14.8 Å². The molecule has 2 unspecified atom stereocenters. The molecule has 1 saturated heterocycles. The second-order valence-electron chi connectivity index (χ2n) is 5.04. The second kappa shape index (κ2) is 6.89. The molecule has 0 spiro atoms. The van der Waals surface area contributed by atoms with Crippen molar-refractivity contribution in [3.05, 3.63) is 22.7 Å². The van der Waals surface area contributed by atoms with E-state index < -0.39 is 25.8 Å². The van der Waals surface area contributed by atoms with E-state index in [1.807, 2.05) is 6.92 Å². The average molecular weight is 333 g/mol. The Morgan fingerprint density at radius 3 is 2.95 bits per heavy atom. The van der Waals surface area contributed by atoms with Crippen molar-refractivity contribution in [1.29, 1.82) is 0 Å². The predicted octanol–water partition coefficient (Wildman–Crippen LogP) is 0.972. The number of ether oxygens (including phenoxy) is 1. The summed E-state index contributed by atoms with van der Waals surface area (Å²) < 4.78 is 27.6. The molecule has 0 aromatic carbocycles. The highest BCUT2D eigenvalue weighted by molar-refractivity contribution is 7.47. The highest BCUT2D eigenvalue weighted by Crippen LogP contribution is 2.43. The molecule has 1 fully saturated rings. The third-order valence-corrected chi connectivity index (χ3v) is 4.51. The zero-order valence-electron chi connectivity index (χ0n) is 12.6. The summed E-state index contributed by atoms with van der Waals surface area (Å²) in [6.45, 7) is 1.83. The Morgan fingerprint density at radius 2 is 2.36 bits per heavy atom. The summed E-state index contributed by atoms with van der Waals surface area (Å²) in [6, 6.07) is 1.67. The first-order valence-electron chi connectivity index (χ1n) is 6.81. The molecule has 0 saturated carbocycles. The maximum absolute atomic E-state index is 12.0. The molecule has 1 aromatic rings. The maximum Gasteiger partial charge on any atom is 0.472 e. The summed E-state index contributed by atoms with van der Waals surface area (Å²) in [5.41, 5.74) is -0.421. The summed E-state index contributed by atoms with van der Waals surface area (Å²) >= 11 is 0. The highest BCUT2D eigenvalue weighted by Gasteiger charge is 2.35. The smallest absolute Gasteiger partial charge is 0.373 e. The van der Waals surface area contributed by atoms with E-state index in [1.165, 1.54) is 4.57 Å². The van der Waals surface area contributed by atoms with Crippen LogP contribution in [0.3, 0.4) is 0 Å². The van der Waals surface area contributed by atoms with E-state index >= 15 is 0 Å². The lowest BCUT2D eigenvalue weighted by molar-refractivity contribution is -0.0315. The molecular weight excluding hydrogens is 313 g/mol. The molecular formula is C12H20N3O6P. The largest absolute Gasteiger partial charge is 0.472 e. The van der Waals surface area contributed by atoms with Gasteiger partial charge in [-0.1, -0.05) is 6.92 Å². The Hall–Kier alpha value is -1.25. The van der Waals surface area contributed by atoms with Crippen LogP contribution < -0.4 is 11.0 Å². The molecule has 22 heavy (non-hydrogen) atoms. The van der Waals surface area contributed by atoms with E-state index in [9.17, 15) is 14.3 Å². The molecule has 4 atom stereocenters. The van der Waals surface area contributed by atoms with Crippen LogP contribution in [-0.4, -0.2) is 41.3 Å². The van der Waals surface area contributed by atoms with Gasteiger partial charge in [-0.15, -0.1) is 0 Å². The van der Waals surface area contributed by atoms with Gasteiger partial charge in [0.05, 0.1) is 12.7 Å². The molecule has 1 aromatic heterocycles. The van der Waals surface area contributed by atoms with Crippen LogP contribution in [0.5, 0.6) is 0 Å². The van der Waals surface area contributed by atoms with Gasteiger partial charge in [-0.2, -0.15) is 4.98 Å². The molecule has 10 heteroatoms. The number of phosphoric acid groups is 1. The van der Waals surface area contributed by atoms with Crippen LogP contribution in [0.1, 0.15) is 19.6 Å². The minimum absolute atomic E-state index is 0.0535. The summed E-state index contributed by atoms with van der Waals surface area (Å²) in [5.74, 6) is 0.534. The van der Waals surface area contributed by atoms with E-state index in [0.717, 1.165) is 7.11 Å². The molecule has 2 heterocycles. The first-order chi connectivity index (χ1) is 10.4. The predicted molar refractivity (Wildman–Crippen MR) is 78.5 cm³/mol. The summed E-state index contributed by atoms with van der Waals surface area (Å²) in [4.78, 5) is 25.1. The fourth-order valence-electron chi connectivity index (χ4n) is 2.24. The minimum Gasteiger partial charge on any atom is -0.373 e. The average Bonchev–Trinajstić information content (AvgIpc) is 2.86. The summed E-state index contributed by atoms with van der Waals surface area (Å²) in [5, 5.41) is 2.79. The molecule has 0 aliphatic carbocycles. The highest BCUT2D eigenvalue weighted by atomic mass is 31.2. The van der Waals surface area contributed by atoms with Gasteiger partial charge in [0.25, 0.3) is 0 Å². The van der Waals surface area contributed by atoms with Crippen LogP contribution in [0.15, 0.2) is 17.1 Å². The monoisotopic (exact) mass is 333 g/mol. The first-order valence-corrected chi connectivity index (χ1v) is 8.31. The molecule has 0 amide bonds. The minimum atomic E-state index is -4.03. The molecule has 2 N–H and O–H groups in total. The zero-order valence-corrected chi connectivity index (χ0v) is 13.5. The second-order valence-corrected chi connectivity index (χ2v) is 6.60. The Labute approximate surface area is 127 Å². The number of hydrogen-bond donors (Lipinski definition) is 2. The first kappa shape index (κ1) is 17.1. The van der Waals surface area contributed by atoms with Crippen molar-refractivity contribution in [2.45, 2.75) is 25.7 Å². The van der Waals surface area contributed by atoms with Crippen molar-refractivity contribution >= 4 is 13.6 Å². The van der Waals surface area contributed by atoms with Gasteiger partial charge < -0.3 is 14.9 Å². The SMILES string of the molecule is CNc1ccn([C@H]2CC(C)[C@@H](COP(=O)(O)OC)O2)c(=O)n1. The van der Waals surface area contributed by atoms with Gasteiger partial charge in [-0.25, -0.2) is 9.36 Å². The van der Waals surface area contributed by atoms with Gasteiger partial charge in [-0.05, 0) is 18.4 Å². The number of phosphoric ester groups is 1. The normalized spacial score (nSPS) is 27.5. The summed E-state index contributed by atoms with van der Waals surface area (Å²) in [7, 11) is -1.26. The third kappa shape index (κ3) is 3.93. The number of nitrogens with zero attached hydrogens (tertiary/aromatic N) is 2. The van der Waals surface area contributed by atoms with Gasteiger partial charge in [0, 0.05) is 20.4 Å². The Morgan fingerprint density at radius 1 is 1.64 bits per heavy atom. The van der Waals surface area contributed by atoms with Crippen molar-refractivity contribution < 1.29 is 23.2 Å². The van der Waals surface area contributed by atoms with Crippen LogP contribution >= 0.6 is 7.82 Å². The van der Waals surface area contributed by atoms with Crippen LogP contribution in [0.4, 0.5) is 5.82 Å². The van der Waals surface area contributed by atoms with Gasteiger partial charge in [-0.3, -0.25) is 13.6 Å². The van der Waals surface area contributed by atoms with Gasteiger partial charge in [0.1, 0.15) is 12.0 Å². The van der Waals surface area contributed by atoms with Crippen LogP contribution in [0.2, 0.25) is 0 Å². The number of nitrogens with one attached hydrogen (secondary N) is 1. The van der Waals surface area contributed by atoms with Gasteiger partial charge in [0.15, 0.2) is 0 Å². The lowest BCUT2D eigenvalue weighted by atomic mass is 10.0. The van der Waals surface area contributed by atoms with E-state index in [-0.39, 0.29) is 12.5 Å². The fraction of sp³-hybridized carbons (Fsp3) is 0.667. The van der Waals surface area contributed by atoms with Gasteiger partial charge in [0.2, 0.25) is 0 Å². The molecule has 1 aliphatic rings. The van der Waals surface area contributed by atoms with E-state index in [0.29, 0.717) is 12.2 Å². The Balaban J connectivity index is 2.04. The van der Waals surface area contributed by atoms with Gasteiger partial charge >= 0.3 is 13.5 Å². The van der Waals surface area contributed by atoms with E-state index in [1.54, 1.807) is 19.3 Å². The van der Waals surface area contributed by atoms with Crippen molar-refractivity contribution in [2.75, 3.05) is 26.1 Å². The molecule has 124 valence electrons. The van der Waals surface area contributed by atoms with Crippen LogP contribution in [0, 0.1) is 5.92 Å².